The summed E-state index contributed by atoms with van der Waals surface area (Å²) < 4.78 is 7.14. The molecule has 2 rings (SSSR count). The lowest BCUT2D eigenvalue weighted by atomic mass is 9.98. The molecule has 0 amide bonds. The topological polar surface area (TPSA) is 69.9 Å². The van der Waals surface area contributed by atoms with E-state index in [-0.39, 0.29) is 12.1 Å². The van der Waals surface area contributed by atoms with E-state index >= 15 is 0 Å². The van der Waals surface area contributed by atoms with Crippen LogP contribution in [0.5, 0.6) is 0 Å². The third-order valence-corrected chi connectivity index (χ3v) is 2.99. The molecule has 2 aromatic rings. The van der Waals surface area contributed by atoms with Crippen LogP contribution >= 0.6 is 0 Å². The summed E-state index contributed by atoms with van der Waals surface area (Å²) in [5.41, 5.74) is 5.19. The Morgan fingerprint density at radius 2 is 2.12 bits per heavy atom. The molecule has 0 fully saturated rings. The summed E-state index contributed by atoms with van der Waals surface area (Å²) in [6.45, 7) is 4.45. The lowest BCUT2D eigenvalue weighted by molar-refractivity contribution is 0.321. The van der Waals surface area contributed by atoms with E-state index in [4.69, 9.17) is 10.3 Å². The number of nitrogens with zero attached hydrogens (tertiary/aromatic N) is 3. The van der Waals surface area contributed by atoms with Crippen molar-refractivity contribution in [3.8, 4) is 0 Å². The van der Waals surface area contributed by atoms with Crippen molar-refractivity contribution in [2.45, 2.75) is 32.4 Å². The van der Waals surface area contributed by atoms with Gasteiger partial charge in [0, 0.05) is 12.4 Å². The summed E-state index contributed by atoms with van der Waals surface area (Å²) in [6, 6.07) is 3.97. The zero-order chi connectivity index (χ0) is 11.6. The molecule has 2 N–H and O–H groups in total. The van der Waals surface area contributed by atoms with Crippen molar-refractivity contribution in [1.82, 2.24) is 14.7 Å². The van der Waals surface area contributed by atoms with E-state index in [0.29, 0.717) is 11.7 Å². The highest BCUT2D eigenvalue weighted by molar-refractivity contribution is 5.09. The van der Waals surface area contributed by atoms with Crippen molar-refractivity contribution in [2.24, 2.45) is 5.73 Å². The fraction of sp³-hybridized carbons (Fsp3) is 0.455. The SMILES string of the molecule is CCC(C)(c1noc(CN)n1)n1cccc1. The van der Waals surface area contributed by atoms with Crippen molar-refractivity contribution in [1.29, 1.82) is 0 Å². The van der Waals surface area contributed by atoms with Gasteiger partial charge in [-0.05, 0) is 25.5 Å². The van der Waals surface area contributed by atoms with Crippen LogP contribution in [0.25, 0.3) is 0 Å². The maximum Gasteiger partial charge on any atom is 0.240 e. The molecule has 0 aliphatic carbocycles. The van der Waals surface area contributed by atoms with E-state index in [1.54, 1.807) is 0 Å². The van der Waals surface area contributed by atoms with Crippen LogP contribution in [0.15, 0.2) is 29.0 Å². The van der Waals surface area contributed by atoms with Crippen LogP contribution in [-0.4, -0.2) is 14.7 Å². The van der Waals surface area contributed by atoms with Gasteiger partial charge in [-0.15, -0.1) is 0 Å². The molecule has 0 saturated carbocycles. The van der Waals surface area contributed by atoms with Crippen LogP contribution in [0.4, 0.5) is 0 Å². The molecule has 0 aliphatic heterocycles. The van der Waals surface area contributed by atoms with Gasteiger partial charge in [-0.1, -0.05) is 12.1 Å². The van der Waals surface area contributed by atoms with E-state index in [9.17, 15) is 0 Å². The van der Waals surface area contributed by atoms with E-state index in [2.05, 4.69) is 28.6 Å². The minimum absolute atomic E-state index is 0.276. The van der Waals surface area contributed by atoms with Crippen LogP contribution in [0.3, 0.4) is 0 Å². The molecule has 1 unspecified atom stereocenters. The monoisotopic (exact) mass is 220 g/mol. The first-order valence-corrected chi connectivity index (χ1v) is 5.37. The molecule has 86 valence electrons. The van der Waals surface area contributed by atoms with Crippen molar-refractivity contribution >= 4 is 0 Å². The third kappa shape index (κ3) is 1.63. The zero-order valence-corrected chi connectivity index (χ0v) is 9.55. The third-order valence-electron chi connectivity index (χ3n) is 2.99. The summed E-state index contributed by atoms with van der Waals surface area (Å²) in [4.78, 5) is 4.30. The number of aromatic nitrogens is 3. The quantitative estimate of drug-likeness (QED) is 0.847. The van der Waals surface area contributed by atoms with Gasteiger partial charge in [0.05, 0.1) is 6.54 Å². The summed E-state index contributed by atoms with van der Waals surface area (Å²) in [5.74, 6) is 1.15. The van der Waals surface area contributed by atoms with Gasteiger partial charge in [-0.25, -0.2) is 0 Å². The lowest BCUT2D eigenvalue weighted by Gasteiger charge is -2.26. The molecule has 5 heteroatoms. The standard InChI is InChI=1S/C11H16N4O/c1-3-11(2,15-6-4-5-7-15)10-13-9(8-12)16-14-10/h4-7H,3,8,12H2,1-2H3. The molecule has 16 heavy (non-hydrogen) atoms. The smallest absolute Gasteiger partial charge is 0.240 e. The average molecular weight is 220 g/mol. The predicted molar refractivity (Wildman–Crippen MR) is 59.7 cm³/mol. The number of hydrogen-bond acceptors (Lipinski definition) is 4. The van der Waals surface area contributed by atoms with Gasteiger partial charge in [-0.3, -0.25) is 0 Å². The Labute approximate surface area is 94.3 Å². The minimum atomic E-state index is -0.277. The Morgan fingerprint density at radius 1 is 1.44 bits per heavy atom. The van der Waals surface area contributed by atoms with Crippen molar-refractivity contribution in [3.63, 3.8) is 0 Å². The molecule has 0 saturated heterocycles. The first-order valence-electron chi connectivity index (χ1n) is 5.37. The summed E-state index contributed by atoms with van der Waals surface area (Å²) >= 11 is 0. The van der Waals surface area contributed by atoms with Gasteiger partial charge >= 0.3 is 0 Å². The number of rotatable bonds is 4. The van der Waals surface area contributed by atoms with E-state index in [1.165, 1.54) is 0 Å². The Balaban J connectivity index is 2.41. The summed E-state index contributed by atoms with van der Waals surface area (Å²) in [7, 11) is 0. The molecule has 1 atom stereocenters. The van der Waals surface area contributed by atoms with Crippen LogP contribution in [0.1, 0.15) is 32.0 Å². The molecule has 0 aromatic carbocycles. The molecular weight excluding hydrogens is 204 g/mol. The Bertz CT molecular complexity index is 448. The highest BCUT2D eigenvalue weighted by Gasteiger charge is 2.31. The van der Waals surface area contributed by atoms with Gasteiger partial charge in [-0.2, -0.15) is 4.98 Å². The van der Waals surface area contributed by atoms with Crippen LogP contribution in [0.2, 0.25) is 0 Å². The van der Waals surface area contributed by atoms with Gasteiger partial charge < -0.3 is 14.8 Å². The molecule has 0 aliphatic rings. The molecule has 0 radical (unpaired) electrons. The molecule has 5 nitrogen and oxygen atoms in total. The summed E-state index contributed by atoms with van der Waals surface area (Å²) in [6.07, 6.45) is 4.88. The van der Waals surface area contributed by atoms with Gasteiger partial charge in [0.25, 0.3) is 0 Å². The second kappa shape index (κ2) is 4.09. The fourth-order valence-electron chi connectivity index (χ4n) is 1.68. The second-order valence-corrected chi connectivity index (χ2v) is 3.93. The highest BCUT2D eigenvalue weighted by Crippen LogP contribution is 2.27. The lowest BCUT2D eigenvalue weighted by Crippen LogP contribution is -2.31. The van der Waals surface area contributed by atoms with Crippen LogP contribution < -0.4 is 5.73 Å². The molecular formula is C11H16N4O. The van der Waals surface area contributed by atoms with Gasteiger partial charge in [0.2, 0.25) is 5.89 Å². The Kier molecular flexibility index (Phi) is 2.78. The molecule has 0 spiro atoms. The molecule has 0 bridgehead atoms. The average Bonchev–Trinajstić information content (AvgIpc) is 2.98. The first kappa shape index (κ1) is 10.9. The van der Waals surface area contributed by atoms with Crippen molar-refractivity contribution in [3.05, 3.63) is 36.2 Å². The maximum absolute atomic E-state index is 5.46. The van der Waals surface area contributed by atoms with Crippen LogP contribution in [0, 0.1) is 0 Å². The van der Waals surface area contributed by atoms with Gasteiger partial charge in [0.1, 0.15) is 5.54 Å². The number of nitrogens with two attached hydrogens (primary N) is 1. The van der Waals surface area contributed by atoms with E-state index in [0.717, 1.165) is 6.42 Å². The predicted octanol–water partition coefficient (Wildman–Crippen LogP) is 1.50. The largest absolute Gasteiger partial charge is 0.341 e. The van der Waals surface area contributed by atoms with E-state index in [1.807, 2.05) is 24.5 Å². The Morgan fingerprint density at radius 3 is 2.62 bits per heavy atom. The molecule has 2 aromatic heterocycles. The van der Waals surface area contributed by atoms with Crippen molar-refractivity contribution in [2.75, 3.05) is 0 Å². The van der Waals surface area contributed by atoms with Crippen molar-refractivity contribution < 1.29 is 4.52 Å². The number of hydrogen-bond donors (Lipinski definition) is 1. The second-order valence-electron chi connectivity index (χ2n) is 3.93. The maximum atomic E-state index is 5.46. The zero-order valence-electron chi connectivity index (χ0n) is 9.55. The summed E-state index contributed by atoms with van der Waals surface area (Å²) in [5, 5.41) is 4.00. The molecule has 2 heterocycles. The van der Waals surface area contributed by atoms with Gasteiger partial charge in [0.15, 0.2) is 5.82 Å². The van der Waals surface area contributed by atoms with E-state index < -0.39 is 0 Å². The minimum Gasteiger partial charge on any atom is -0.341 e. The normalized spacial score (nSPS) is 14.9. The first-order chi connectivity index (χ1) is 7.70. The Hall–Kier alpha value is -1.62. The van der Waals surface area contributed by atoms with Crippen LogP contribution in [-0.2, 0) is 12.1 Å². The highest BCUT2D eigenvalue weighted by atomic mass is 16.5. The fourth-order valence-corrected chi connectivity index (χ4v) is 1.68.